The van der Waals surface area contributed by atoms with Crippen molar-refractivity contribution < 1.29 is 13.9 Å². The smallest absolute Gasteiger partial charge is 0.146 e. The second-order valence-corrected chi connectivity index (χ2v) is 5.53. The van der Waals surface area contributed by atoms with Crippen LogP contribution in [0.15, 0.2) is 36.4 Å². The molecule has 2 aromatic rings. The van der Waals surface area contributed by atoms with Gasteiger partial charge in [0.1, 0.15) is 23.4 Å². The van der Waals surface area contributed by atoms with E-state index < -0.39 is 0 Å². The van der Waals surface area contributed by atoms with Gasteiger partial charge in [0.05, 0.1) is 18.8 Å². The Bertz CT molecular complexity index is 701. The first-order chi connectivity index (χ1) is 10.2. The van der Waals surface area contributed by atoms with Gasteiger partial charge >= 0.3 is 0 Å². The van der Waals surface area contributed by atoms with Crippen molar-refractivity contribution in [2.24, 2.45) is 0 Å². The van der Waals surface area contributed by atoms with Gasteiger partial charge in [-0.25, -0.2) is 4.39 Å². The van der Waals surface area contributed by atoms with E-state index in [1.54, 1.807) is 13.2 Å². The van der Waals surface area contributed by atoms with Crippen LogP contribution in [-0.4, -0.2) is 13.2 Å². The van der Waals surface area contributed by atoms with E-state index in [4.69, 9.17) is 9.47 Å². The summed E-state index contributed by atoms with van der Waals surface area (Å²) in [6.45, 7) is 0. The molecule has 0 saturated heterocycles. The summed E-state index contributed by atoms with van der Waals surface area (Å²) in [6, 6.07) is 10.9. The minimum Gasteiger partial charge on any atom is -0.497 e. The molecular weight excluding hydrogens is 269 g/mol. The Kier molecular flexibility index (Phi) is 2.77. The van der Waals surface area contributed by atoms with Gasteiger partial charge in [0.2, 0.25) is 0 Å². The van der Waals surface area contributed by atoms with Crippen LogP contribution in [0.5, 0.6) is 11.5 Å². The molecule has 0 bridgehead atoms. The first kappa shape index (κ1) is 12.5. The number of aryl methyl sites for hydroxylation is 1. The summed E-state index contributed by atoms with van der Waals surface area (Å²) in [6.07, 6.45) is 1.90. The molecule has 2 aromatic carbocycles. The number of methoxy groups -OCH3 is 1. The van der Waals surface area contributed by atoms with Crippen LogP contribution in [0, 0.1) is 5.82 Å². The van der Waals surface area contributed by atoms with Crippen LogP contribution in [0.4, 0.5) is 10.1 Å². The summed E-state index contributed by atoms with van der Waals surface area (Å²) in [7, 11) is 1.67. The molecule has 1 heterocycles. The molecule has 1 N–H and O–H groups in total. The van der Waals surface area contributed by atoms with Crippen molar-refractivity contribution in [3.05, 3.63) is 53.3 Å². The molecule has 0 spiro atoms. The molecule has 0 saturated carbocycles. The molecule has 1 aliphatic heterocycles. The number of hydrogen-bond donors (Lipinski definition) is 1. The van der Waals surface area contributed by atoms with Crippen molar-refractivity contribution in [3.8, 4) is 11.5 Å². The van der Waals surface area contributed by atoms with E-state index in [1.807, 2.05) is 6.07 Å². The molecule has 2 atom stereocenters. The normalized spacial score (nSPS) is 22.2. The zero-order valence-corrected chi connectivity index (χ0v) is 11.7. The van der Waals surface area contributed by atoms with Gasteiger partial charge in [-0.3, -0.25) is 0 Å². The van der Waals surface area contributed by atoms with Gasteiger partial charge in [0.15, 0.2) is 0 Å². The van der Waals surface area contributed by atoms with E-state index in [0.29, 0.717) is 5.75 Å². The number of anilines is 1. The molecule has 3 nitrogen and oxygen atoms in total. The molecule has 4 rings (SSSR count). The highest BCUT2D eigenvalue weighted by atomic mass is 19.1. The average molecular weight is 285 g/mol. The Balaban J connectivity index is 1.74. The summed E-state index contributed by atoms with van der Waals surface area (Å²) in [4.78, 5) is 0. The SMILES string of the molecule is COc1ccc2c(c1)CCC1Nc3ccc(F)cc3OC21. The molecule has 0 aromatic heterocycles. The standard InChI is InChI=1S/C17H16FNO2/c1-20-12-4-5-13-10(8-12)2-6-15-17(13)21-16-9-11(18)3-7-14(16)19-15/h3-5,7-9,15,17,19H,2,6H2,1H3. The Labute approximate surface area is 122 Å². The van der Waals surface area contributed by atoms with Gasteiger partial charge in [0.25, 0.3) is 0 Å². The summed E-state index contributed by atoms with van der Waals surface area (Å²) in [5.74, 6) is 1.17. The van der Waals surface area contributed by atoms with E-state index in [9.17, 15) is 4.39 Å². The second kappa shape index (κ2) is 4.65. The van der Waals surface area contributed by atoms with E-state index >= 15 is 0 Å². The molecule has 4 heteroatoms. The van der Waals surface area contributed by atoms with Crippen molar-refractivity contribution >= 4 is 5.69 Å². The Morgan fingerprint density at radius 2 is 2.14 bits per heavy atom. The lowest BCUT2D eigenvalue weighted by atomic mass is 9.84. The maximum Gasteiger partial charge on any atom is 0.146 e. The molecule has 1 aliphatic carbocycles. The summed E-state index contributed by atoms with van der Waals surface area (Å²) in [5.41, 5.74) is 3.28. The van der Waals surface area contributed by atoms with Crippen LogP contribution in [0.1, 0.15) is 23.7 Å². The Hall–Kier alpha value is -2.23. The number of nitrogens with one attached hydrogen (secondary N) is 1. The monoisotopic (exact) mass is 285 g/mol. The van der Waals surface area contributed by atoms with Crippen molar-refractivity contribution in [1.82, 2.24) is 0 Å². The third-order valence-electron chi connectivity index (χ3n) is 4.29. The van der Waals surface area contributed by atoms with E-state index in [2.05, 4.69) is 17.4 Å². The second-order valence-electron chi connectivity index (χ2n) is 5.53. The molecule has 2 aliphatic rings. The highest BCUT2D eigenvalue weighted by Gasteiger charge is 2.35. The van der Waals surface area contributed by atoms with E-state index in [1.165, 1.54) is 17.7 Å². The van der Waals surface area contributed by atoms with Crippen LogP contribution < -0.4 is 14.8 Å². The number of ether oxygens (including phenoxy) is 2. The largest absolute Gasteiger partial charge is 0.497 e. The zero-order valence-electron chi connectivity index (χ0n) is 11.7. The van der Waals surface area contributed by atoms with Crippen molar-refractivity contribution in [3.63, 3.8) is 0 Å². The number of benzene rings is 2. The van der Waals surface area contributed by atoms with Gasteiger partial charge in [-0.05, 0) is 48.2 Å². The van der Waals surface area contributed by atoms with Gasteiger partial charge < -0.3 is 14.8 Å². The molecule has 21 heavy (non-hydrogen) atoms. The van der Waals surface area contributed by atoms with Crippen LogP contribution in [0.3, 0.4) is 0 Å². The lowest BCUT2D eigenvalue weighted by Gasteiger charge is -2.39. The summed E-state index contributed by atoms with van der Waals surface area (Å²) in [5, 5.41) is 3.47. The van der Waals surface area contributed by atoms with E-state index in [-0.39, 0.29) is 18.0 Å². The van der Waals surface area contributed by atoms with Crippen LogP contribution in [0.25, 0.3) is 0 Å². The molecule has 0 radical (unpaired) electrons. The summed E-state index contributed by atoms with van der Waals surface area (Å²) >= 11 is 0. The third-order valence-corrected chi connectivity index (χ3v) is 4.29. The Morgan fingerprint density at radius 1 is 1.24 bits per heavy atom. The van der Waals surface area contributed by atoms with Gasteiger partial charge in [-0.1, -0.05) is 6.07 Å². The summed E-state index contributed by atoms with van der Waals surface area (Å²) < 4.78 is 24.7. The van der Waals surface area contributed by atoms with Crippen LogP contribution in [-0.2, 0) is 6.42 Å². The third kappa shape index (κ3) is 2.02. The molecular formula is C17H16FNO2. The highest BCUT2D eigenvalue weighted by molar-refractivity contribution is 5.60. The van der Waals surface area contributed by atoms with Crippen molar-refractivity contribution in [1.29, 1.82) is 0 Å². The molecule has 0 amide bonds. The highest BCUT2D eigenvalue weighted by Crippen LogP contribution is 2.43. The fourth-order valence-corrected chi connectivity index (χ4v) is 3.23. The van der Waals surface area contributed by atoms with Crippen LogP contribution >= 0.6 is 0 Å². The van der Waals surface area contributed by atoms with Crippen LogP contribution in [0.2, 0.25) is 0 Å². The fourth-order valence-electron chi connectivity index (χ4n) is 3.23. The zero-order chi connectivity index (χ0) is 14.4. The quantitative estimate of drug-likeness (QED) is 0.866. The minimum absolute atomic E-state index is 0.0750. The first-order valence-corrected chi connectivity index (χ1v) is 7.14. The van der Waals surface area contributed by atoms with Gasteiger partial charge in [-0.2, -0.15) is 0 Å². The minimum atomic E-state index is -0.278. The molecule has 2 unspecified atom stereocenters. The first-order valence-electron chi connectivity index (χ1n) is 7.14. The average Bonchev–Trinajstić information content (AvgIpc) is 2.52. The fraction of sp³-hybridized carbons (Fsp3) is 0.294. The number of hydrogen-bond acceptors (Lipinski definition) is 3. The van der Waals surface area contributed by atoms with Crippen molar-refractivity contribution in [2.45, 2.75) is 25.0 Å². The van der Waals surface area contributed by atoms with Gasteiger partial charge in [-0.15, -0.1) is 0 Å². The van der Waals surface area contributed by atoms with Gasteiger partial charge in [0, 0.05) is 6.07 Å². The lowest BCUT2D eigenvalue weighted by molar-refractivity contribution is 0.157. The molecule has 0 fully saturated rings. The predicted molar refractivity (Wildman–Crippen MR) is 78.5 cm³/mol. The van der Waals surface area contributed by atoms with Crippen molar-refractivity contribution in [2.75, 3.05) is 12.4 Å². The predicted octanol–water partition coefficient (Wildman–Crippen LogP) is 3.69. The Morgan fingerprint density at radius 3 is 3.00 bits per heavy atom. The number of halogens is 1. The number of rotatable bonds is 1. The molecule has 108 valence electrons. The van der Waals surface area contributed by atoms with E-state index in [0.717, 1.165) is 29.8 Å². The maximum absolute atomic E-state index is 13.4. The topological polar surface area (TPSA) is 30.5 Å². The lowest BCUT2D eigenvalue weighted by Crippen LogP contribution is -2.38. The maximum atomic E-state index is 13.4. The number of fused-ring (bicyclic) bond motifs is 4.